The number of pyridine rings is 1. The largest absolute Gasteiger partial charge is 0.394 e. The third-order valence-electron chi connectivity index (χ3n) is 2.60. The summed E-state index contributed by atoms with van der Waals surface area (Å²) in [5, 5.41) is 18.5. The van der Waals surface area contributed by atoms with Crippen LogP contribution in [0.3, 0.4) is 0 Å². The highest BCUT2D eigenvalue weighted by Crippen LogP contribution is 2.27. The molecule has 3 atom stereocenters. The predicted octanol–water partition coefficient (Wildman–Crippen LogP) is 0.252. The summed E-state index contributed by atoms with van der Waals surface area (Å²) < 4.78 is 7.55. The minimum absolute atomic E-state index is 0.195. The Morgan fingerprint density at radius 2 is 2.31 bits per heavy atom. The summed E-state index contributed by atoms with van der Waals surface area (Å²) in [5.41, 5.74) is -0.195. The van der Waals surface area contributed by atoms with Crippen LogP contribution in [-0.2, 0) is 4.74 Å². The van der Waals surface area contributed by atoms with Gasteiger partial charge in [-0.05, 0) is 22.0 Å². The van der Waals surface area contributed by atoms with Gasteiger partial charge in [-0.2, -0.15) is 0 Å². The van der Waals surface area contributed by atoms with Gasteiger partial charge in [-0.1, -0.05) is 0 Å². The van der Waals surface area contributed by atoms with Gasteiger partial charge in [0.15, 0.2) is 0 Å². The number of hydrogen-bond acceptors (Lipinski definition) is 4. The Morgan fingerprint density at radius 1 is 1.56 bits per heavy atom. The second-order valence-corrected chi connectivity index (χ2v) is 4.62. The Morgan fingerprint density at radius 3 is 2.94 bits per heavy atom. The Labute approximate surface area is 100 Å². The van der Waals surface area contributed by atoms with Crippen LogP contribution in [0.5, 0.6) is 0 Å². The smallest absolute Gasteiger partial charge is 0.252 e. The number of hydrogen-bond donors (Lipinski definition) is 2. The first-order valence-corrected chi connectivity index (χ1v) is 5.73. The molecule has 0 radical (unpaired) electrons. The Kier molecular flexibility index (Phi) is 3.44. The summed E-state index contributed by atoms with van der Waals surface area (Å²) in [4.78, 5) is 11.6. The van der Waals surface area contributed by atoms with Gasteiger partial charge in [-0.25, -0.2) is 0 Å². The number of aromatic nitrogens is 1. The molecule has 0 amide bonds. The molecular formula is C10H12BrNO4. The van der Waals surface area contributed by atoms with Crippen LogP contribution < -0.4 is 5.56 Å². The van der Waals surface area contributed by atoms with Gasteiger partial charge in [0.2, 0.25) is 0 Å². The van der Waals surface area contributed by atoms with Gasteiger partial charge in [-0.15, -0.1) is 0 Å². The highest BCUT2D eigenvalue weighted by molar-refractivity contribution is 9.10. The van der Waals surface area contributed by atoms with Crippen molar-refractivity contribution in [1.29, 1.82) is 0 Å². The van der Waals surface area contributed by atoms with Gasteiger partial charge in [-0.3, -0.25) is 9.36 Å². The first kappa shape index (κ1) is 11.8. The fourth-order valence-electron chi connectivity index (χ4n) is 1.75. The second kappa shape index (κ2) is 4.67. The average molecular weight is 290 g/mol. The molecular weight excluding hydrogens is 278 g/mol. The van der Waals surface area contributed by atoms with E-state index in [0.29, 0.717) is 6.42 Å². The number of ether oxygens (including phenoxy) is 1. The van der Waals surface area contributed by atoms with Crippen molar-refractivity contribution in [2.45, 2.75) is 24.9 Å². The lowest BCUT2D eigenvalue weighted by molar-refractivity contribution is -0.0455. The predicted molar refractivity (Wildman–Crippen MR) is 60.0 cm³/mol. The number of halogens is 1. The van der Waals surface area contributed by atoms with Gasteiger partial charge in [0.25, 0.3) is 5.56 Å². The number of nitrogens with zero attached hydrogens (tertiary/aromatic N) is 1. The van der Waals surface area contributed by atoms with Crippen LogP contribution in [0, 0.1) is 0 Å². The molecule has 0 unspecified atom stereocenters. The summed E-state index contributed by atoms with van der Waals surface area (Å²) in [7, 11) is 0. The normalized spacial score (nSPS) is 29.6. The fourth-order valence-corrected chi connectivity index (χ4v) is 2.10. The first-order valence-electron chi connectivity index (χ1n) is 4.94. The van der Waals surface area contributed by atoms with Gasteiger partial charge < -0.3 is 14.9 Å². The number of aliphatic hydroxyl groups is 2. The van der Waals surface area contributed by atoms with Crippen molar-refractivity contribution in [3.8, 4) is 0 Å². The molecule has 0 aromatic carbocycles. The van der Waals surface area contributed by atoms with Gasteiger partial charge in [0, 0.05) is 23.2 Å². The molecule has 88 valence electrons. The minimum Gasteiger partial charge on any atom is -0.394 e. The second-order valence-electron chi connectivity index (χ2n) is 3.71. The Bertz CT molecular complexity index is 433. The van der Waals surface area contributed by atoms with E-state index in [1.807, 2.05) is 0 Å². The van der Waals surface area contributed by atoms with Crippen molar-refractivity contribution in [3.05, 3.63) is 33.2 Å². The zero-order valence-electron chi connectivity index (χ0n) is 8.41. The third-order valence-corrected chi connectivity index (χ3v) is 3.07. The van der Waals surface area contributed by atoms with Crippen molar-refractivity contribution in [1.82, 2.24) is 4.57 Å². The van der Waals surface area contributed by atoms with E-state index in [0.717, 1.165) is 4.47 Å². The van der Waals surface area contributed by atoms with Crippen LogP contribution >= 0.6 is 15.9 Å². The molecule has 2 N–H and O–H groups in total. The van der Waals surface area contributed by atoms with Crippen molar-refractivity contribution in [2.24, 2.45) is 0 Å². The van der Waals surface area contributed by atoms with E-state index in [9.17, 15) is 9.90 Å². The third kappa shape index (κ3) is 2.20. The fraction of sp³-hybridized carbons (Fsp3) is 0.500. The number of rotatable bonds is 2. The van der Waals surface area contributed by atoms with Crippen LogP contribution in [0.2, 0.25) is 0 Å². The summed E-state index contributed by atoms with van der Waals surface area (Å²) in [6.45, 7) is -0.250. The van der Waals surface area contributed by atoms with Crippen molar-refractivity contribution in [2.75, 3.05) is 6.61 Å². The molecule has 1 aromatic rings. The molecule has 1 saturated heterocycles. The molecule has 0 spiro atoms. The molecule has 1 aromatic heterocycles. The molecule has 0 aliphatic carbocycles. The maximum absolute atomic E-state index is 11.6. The zero-order valence-corrected chi connectivity index (χ0v) is 10.0. The first-order chi connectivity index (χ1) is 7.61. The van der Waals surface area contributed by atoms with Gasteiger partial charge in [0.1, 0.15) is 12.3 Å². The molecule has 16 heavy (non-hydrogen) atoms. The van der Waals surface area contributed by atoms with E-state index in [-0.39, 0.29) is 12.2 Å². The van der Waals surface area contributed by atoms with Crippen molar-refractivity contribution >= 4 is 15.9 Å². The standard InChI is InChI=1S/C10H12BrNO4/c11-6-1-2-9(15)12(4-6)10-3-7(14)8(5-13)16-10/h1-2,4,7-8,10,13-14H,3,5H2/t7-,8+,10+/m0/s1. The molecule has 0 saturated carbocycles. The topological polar surface area (TPSA) is 71.7 Å². The van der Waals surface area contributed by atoms with Crippen LogP contribution in [0.4, 0.5) is 0 Å². The van der Waals surface area contributed by atoms with Crippen molar-refractivity contribution < 1.29 is 14.9 Å². The Balaban J connectivity index is 2.26. The van der Waals surface area contributed by atoms with Crippen LogP contribution in [-0.4, -0.2) is 33.6 Å². The van der Waals surface area contributed by atoms with E-state index < -0.39 is 18.4 Å². The molecule has 5 nitrogen and oxygen atoms in total. The quantitative estimate of drug-likeness (QED) is 0.819. The van der Waals surface area contributed by atoms with Gasteiger partial charge in [0.05, 0.1) is 12.7 Å². The summed E-state index contributed by atoms with van der Waals surface area (Å²) >= 11 is 3.26. The number of aliphatic hydroxyl groups excluding tert-OH is 2. The van der Waals surface area contributed by atoms with E-state index in [1.54, 1.807) is 12.3 Å². The highest BCUT2D eigenvalue weighted by Gasteiger charge is 2.34. The van der Waals surface area contributed by atoms with E-state index in [2.05, 4.69) is 15.9 Å². The maximum atomic E-state index is 11.6. The lowest BCUT2D eigenvalue weighted by Gasteiger charge is -2.14. The molecule has 2 heterocycles. The molecule has 2 rings (SSSR count). The molecule has 0 bridgehead atoms. The lowest BCUT2D eigenvalue weighted by atomic mass is 10.2. The van der Waals surface area contributed by atoms with Crippen LogP contribution in [0.1, 0.15) is 12.6 Å². The molecule has 1 aliphatic heterocycles. The van der Waals surface area contributed by atoms with E-state index >= 15 is 0 Å². The highest BCUT2D eigenvalue weighted by atomic mass is 79.9. The monoisotopic (exact) mass is 289 g/mol. The SMILES string of the molecule is O=c1ccc(Br)cn1[C@H]1C[C@H](O)[C@@H](CO)O1. The molecule has 6 heteroatoms. The summed E-state index contributed by atoms with van der Waals surface area (Å²) in [6.07, 6.45) is 0.0510. The van der Waals surface area contributed by atoms with E-state index in [4.69, 9.17) is 9.84 Å². The molecule has 1 fully saturated rings. The van der Waals surface area contributed by atoms with Crippen LogP contribution in [0.15, 0.2) is 27.6 Å². The van der Waals surface area contributed by atoms with Crippen LogP contribution in [0.25, 0.3) is 0 Å². The van der Waals surface area contributed by atoms with Crippen molar-refractivity contribution in [3.63, 3.8) is 0 Å². The lowest BCUT2D eigenvalue weighted by Crippen LogP contribution is -2.25. The maximum Gasteiger partial charge on any atom is 0.252 e. The van der Waals surface area contributed by atoms with E-state index in [1.165, 1.54) is 10.6 Å². The zero-order chi connectivity index (χ0) is 11.7. The van der Waals surface area contributed by atoms with Gasteiger partial charge >= 0.3 is 0 Å². The minimum atomic E-state index is -0.735. The summed E-state index contributed by atoms with van der Waals surface area (Å²) in [6, 6.07) is 3.07. The Hall–Kier alpha value is -0.690. The summed E-state index contributed by atoms with van der Waals surface area (Å²) in [5.74, 6) is 0. The molecule has 1 aliphatic rings. The average Bonchev–Trinajstić information content (AvgIpc) is 2.63.